The van der Waals surface area contributed by atoms with Crippen molar-refractivity contribution in [1.29, 1.82) is 0 Å². The van der Waals surface area contributed by atoms with Crippen LogP contribution in [0, 0.1) is 10.8 Å². The van der Waals surface area contributed by atoms with Gasteiger partial charge in [-0.3, -0.25) is 9.59 Å². The van der Waals surface area contributed by atoms with Crippen LogP contribution >= 0.6 is 0 Å². The van der Waals surface area contributed by atoms with E-state index < -0.39 is 0 Å². The first-order chi connectivity index (χ1) is 18.0. The van der Waals surface area contributed by atoms with E-state index in [9.17, 15) is 14.4 Å². The van der Waals surface area contributed by atoms with Crippen molar-refractivity contribution in [1.82, 2.24) is 14.8 Å². The van der Waals surface area contributed by atoms with Crippen molar-refractivity contribution in [3.8, 4) is 0 Å². The number of benzene rings is 1. The molecule has 2 aliphatic carbocycles. The minimum absolute atomic E-state index is 0. The number of likely N-dealkylation sites (tertiary alicyclic amines) is 1. The van der Waals surface area contributed by atoms with E-state index in [1.165, 1.54) is 5.56 Å². The van der Waals surface area contributed by atoms with E-state index in [4.69, 9.17) is 0 Å². The summed E-state index contributed by atoms with van der Waals surface area (Å²) in [5.41, 5.74) is 2.22. The molecule has 7 rings (SSSR count). The third-order valence-electron chi connectivity index (χ3n) is 9.31. The fraction of sp³-hybridized carbons (Fsp3) is 0.517. The predicted octanol–water partition coefficient (Wildman–Crippen LogP) is 3.97. The maximum Gasteiger partial charge on any atom is 0.322 e. The zero-order chi connectivity index (χ0) is 25.2. The molecule has 0 atom stereocenters. The topological polar surface area (TPSA) is 85.8 Å². The number of rotatable bonds is 3. The van der Waals surface area contributed by atoms with Crippen molar-refractivity contribution in [3.05, 3.63) is 53.7 Å². The van der Waals surface area contributed by atoms with E-state index in [-0.39, 0.29) is 30.2 Å². The van der Waals surface area contributed by atoms with E-state index in [1.54, 1.807) is 12.3 Å². The highest BCUT2D eigenvalue weighted by molar-refractivity contribution is 6.00. The molecule has 1 N–H and O–H groups in total. The lowest BCUT2D eigenvalue weighted by Crippen LogP contribution is -2.51. The zero-order valence-electron chi connectivity index (χ0n) is 21.1. The number of amides is 3. The van der Waals surface area contributed by atoms with Gasteiger partial charge >= 0.3 is 6.03 Å². The second-order valence-electron chi connectivity index (χ2n) is 11.7. The number of aromatic nitrogens is 1. The fourth-order valence-electron chi connectivity index (χ4n) is 6.76. The van der Waals surface area contributed by atoms with Gasteiger partial charge in [-0.2, -0.15) is 0 Å². The number of hydrogen-bond donors (Lipinski definition) is 1. The standard InChI is InChI=1S/C29H33N5O3.H2/c35-25(33-18-28(9-10-28)26(36)29(19-33)11-12-29)21-5-13-30-24(17-21)32-14-7-22(8-15-32)34-16-6-20-3-1-2-4-23(20)31-27(34)37;/h1-5,13,17,22H,6-12,14-16,18-19H2,(H,31,37);1H. The molecule has 1 aromatic heterocycles. The van der Waals surface area contributed by atoms with Crippen LogP contribution in [0.5, 0.6) is 0 Å². The number of para-hydroxylation sites is 1. The Morgan fingerprint density at radius 2 is 1.68 bits per heavy atom. The van der Waals surface area contributed by atoms with Crippen LogP contribution in [0.2, 0.25) is 0 Å². The molecule has 2 saturated heterocycles. The Morgan fingerprint density at radius 3 is 2.38 bits per heavy atom. The summed E-state index contributed by atoms with van der Waals surface area (Å²) in [6, 6.07) is 11.9. The molecule has 0 unspecified atom stereocenters. The Labute approximate surface area is 218 Å². The maximum atomic E-state index is 13.5. The van der Waals surface area contributed by atoms with Crippen LogP contribution in [0.1, 0.15) is 55.9 Å². The normalized spacial score (nSPS) is 24.1. The summed E-state index contributed by atoms with van der Waals surface area (Å²) in [4.78, 5) is 50.1. The summed E-state index contributed by atoms with van der Waals surface area (Å²) in [5.74, 6) is 1.25. The third-order valence-corrected chi connectivity index (χ3v) is 9.31. The SMILES string of the molecule is O=C(c1ccnc(N2CCC(N3CCc4ccccc4NC3=O)CC2)c1)N1CC2(CC2)C(=O)C2(CC2)C1.[HH]. The van der Waals surface area contributed by atoms with Gasteiger partial charge in [0.15, 0.2) is 0 Å². The summed E-state index contributed by atoms with van der Waals surface area (Å²) in [6.45, 7) is 3.43. The minimum atomic E-state index is -0.261. The Balaban J connectivity index is 0.00000264. The molecule has 2 spiro atoms. The molecule has 2 aromatic rings. The Kier molecular flexibility index (Phi) is 5.10. The molecule has 8 heteroatoms. The van der Waals surface area contributed by atoms with Gasteiger partial charge < -0.3 is 20.0 Å². The van der Waals surface area contributed by atoms with Gasteiger partial charge in [-0.1, -0.05) is 18.2 Å². The molecule has 4 fully saturated rings. The second kappa shape index (κ2) is 8.30. The molecule has 2 saturated carbocycles. The number of Topliss-reactive ketones (excluding diaryl/α,β-unsaturated/α-hetero) is 1. The lowest BCUT2D eigenvalue weighted by atomic mass is 9.82. The molecule has 3 amide bonds. The minimum Gasteiger partial charge on any atom is -0.356 e. The van der Waals surface area contributed by atoms with Crippen molar-refractivity contribution < 1.29 is 15.8 Å². The van der Waals surface area contributed by atoms with E-state index in [0.717, 1.165) is 76.1 Å². The highest BCUT2D eigenvalue weighted by Gasteiger charge is 2.66. The van der Waals surface area contributed by atoms with Crippen LogP contribution in [0.15, 0.2) is 42.6 Å². The molecule has 194 valence electrons. The molecular weight excluding hydrogens is 466 g/mol. The maximum absolute atomic E-state index is 13.5. The summed E-state index contributed by atoms with van der Waals surface area (Å²) in [7, 11) is 0. The summed E-state index contributed by atoms with van der Waals surface area (Å²) in [5, 5.41) is 3.08. The number of hydrogen-bond acceptors (Lipinski definition) is 5. The fourth-order valence-corrected chi connectivity index (χ4v) is 6.76. The number of nitrogens with one attached hydrogen (secondary N) is 1. The number of carbonyl (C=O) groups is 3. The van der Waals surface area contributed by atoms with Gasteiger partial charge in [0.05, 0.1) is 0 Å². The lowest BCUT2D eigenvalue weighted by Gasteiger charge is -2.39. The van der Waals surface area contributed by atoms with Gasteiger partial charge in [0.1, 0.15) is 11.6 Å². The molecule has 37 heavy (non-hydrogen) atoms. The van der Waals surface area contributed by atoms with Crippen molar-refractivity contribution in [3.63, 3.8) is 0 Å². The molecule has 5 aliphatic rings. The number of carbonyl (C=O) groups excluding carboxylic acids is 3. The van der Waals surface area contributed by atoms with Crippen LogP contribution < -0.4 is 10.2 Å². The summed E-state index contributed by atoms with van der Waals surface area (Å²) < 4.78 is 0. The molecule has 8 nitrogen and oxygen atoms in total. The van der Waals surface area contributed by atoms with Gasteiger partial charge in [-0.25, -0.2) is 9.78 Å². The number of fused-ring (bicyclic) bond motifs is 1. The lowest BCUT2D eigenvalue weighted by molar-refractivity contribution is -0.133. The van der Waals surface area contributed by atoms with Gasteiger partial charge in [0, 0.05) is 68.5 Å². The molecule has 0 bridgehead atoms. The van der Waals surface area contributed by atoms with E-state index >= 15 is 0 Å². The average Bonchev–Trinajstić information content (AvgIpc) is 3.85. The first kappa shape index (κ1) is 22.8. The summed E-state index contributed by atoms with van der Waals surface area (Å²) >= 11 is 0. The zero-order valence-corrected chi connectivity index (χ0v) is 21.1. The van der Waals surface area contributed by atoms with Crippen LogP contribution in [0.3, 0.4) is 0 Å². The van der Waals surface area contributed by atoms with E-state index in [2.05, 4.69) is 21.3 Å². The number of urea groups is 1. The Hall–Kier alpha value is -3.42. The largest absolute Gasteiger partial charge is 0.356 e. The number of nitrogens with zero attached hydrogens (tertiary/aromatic N) is 4. The van der Waals surface area contributed by atoms with Gasteiger partial charge in [-0.05, 0) is 68.7 Å². The van der Waals surface area contributed by atoms with E-state index in [1.807, 2.05) is 34.1 Å². The van der Waals surface area contributed by atoms with Crippen LogP contribution in [0.4, 0.5) is 16.3 Å². The highest BCUT2D eigenvalue weighted by Crippen LogP contribution is 2.62. The van der Waals surface area contributed by atoms with Crippen LogP contribution in [-0.4, -0.2) is 71.3 Å². The highest BCUT2D eigenvalue weighted by atomic mass is 16.2. The molecular formula is C29H35N5O3. The van der Waals surface area contributed by atoms with Crippen molar-refractivity contribution >= 4 is 29.2 Å². The second-order valence-corrected chi connectivity index (χ2v) is 11.7. The monoisotopic (exact) mass is 501 g/mol. The van der Waals surface area contributed by atoms with Crippen molar-refractivity contribution in [2.75, 3.05) is 42.9 Å². The Morgan fingerprint density at radius 1 is 0.973 bits per heavy atom. The number of pyridine rings is 1. The van der Waals surface area contributed by atoms with Gasteiger partial charge in [-0.15, -0.1) is 0 Å². The first-order valence-electron chi connectivity index (χ1n) is 13.7. The quantitative estimate of drug-likeness (QED) is 0.688. The molecule has 4 heterocycles. The number of piperidine rings is 2. The van der Waals surface area contributed by atoms with Crippen LogP contribution in [-0.2, 0) is 11.2 Å². The van der Waals surface area contributed by atoms with Crippen molar-refractivity contribution in [2.45, 2.75) is 51.0 Å². The third kappa shape index (κ3) is 3.88. The average molecular weight is 502 g/mol. The Bertz CT molecular complexity index is 1260. The van der Waals surface area contributed by atoms with E-state index in [0.29, 0.717) is 24.4 Å². The molecule has 0 radical (unpaired) electrons. The first-order valence-corrected chi connectivity index (χ1v) is 13.7. The predicted molar refractivity (Wildman–Crippen MR) is 142 cm³/mol. The molecule has 1 aromatic carbocycles. The van der Waals surface area contributed by atoms with Gasteiger partial charge in [0.2, 0.25) is 0 Å². The van der Waals surface area contributed by atoms with Crippen molar-refractivity contribution in [2.24, 2.45) is 10.8 Å². The van der Waals surface area contributed by atoms with Crippen LogP contribution in [0.25, 0.3) is 0 Å². The number of ketones is 1. The smallest absolute Gasteiger partial charge is 0.322 e. The number of anilines is 2. The summed E-state index contributed by atoms with van der Waals surface area (Å²) in [6.07, 6.45) is 8.01. The van der Waals surface area contributed by atoms with Gasteiger partial charge in [0.25, 0.3) is 5.91 Å². The molecule has 3 aliphatic heterocycles.